The lowest BCUT2D eigenvalue weighted by molar-refractivity contribution is -0.143. The highest BCUT2D eigenvalue weighted by Gasteiger charge is 2.45. The second kappa shape index (κ2) is 14.2. The largest absolute Gasteiger partial charge is 0.335 e. The van der Waals surface area contributed by atoms with Gasteiger partial charge >= 0.3 is 5.97 Å². The number of allylic oxidation sites excluding steroid dienone is 10. The third kappa shape index (κ3) is 6.59. The number of rotatable bonds is 11. The standard InChI is InChI=1S/C29H39NO3.C2H6/c1-5-8-18-29(19-9-6-2)25-17-11-10-15-23(25)24-16-12-14-22(20-26(24)29)28(32)21(4)30-33-27(31)13-7-3;1-2/h12,14-15,17,20H,5-11,13,16,18-19H2,1-4H3;1-2H3/b30-21-;. The maximum Gasteiger partial charge on any atom is 0.335 e. The van der Waals surface area contributed by atoms with Gasteiger partial charge in [0.2, 0.25) is 5.78 Å². The molecule has 0 aliphatic heterocycles. The van der Waals surface area contributed by atoms with E-state index in [1.165, 1.54) is 35.1 Å². The first kappa shape index (κ1) is 28.7. The van der Waals surface area contributed by atoms with Crippen molar-refractivity contribution in [2.45, 2.75) is 112 Å². The lowest BCUT2D eigenvalue weighted by atomic mass is 9.68. The van der Waals surface area contributed by atoms with Crippen molar-refractivity contribution in [3.8, 4) is 0 Å². The van der Waals surface area contributed by atoms with Crippen LogP contribution >= 0.6 is 0 Å². The van der Waals surface area contributed by atoms with Crippen LogP contribution in [0, 0.1) is 5.41 Å². The van der Waals surface area contributed by atoms with Gasteiger partial charge in [-0.15, -0.1) is 0 Å². The van der Waals surface area contributed by atoms with Gasteiger partial charge in [-0.25, -0.2) is 4.79 Å². The van der Waals surface area contributed by atoms with Crippen LogP contribution in [0.15, 0.2) is 63.4 Å². The predicted octanol–water partition coefficient (Wildman–Crippen LogP) is 8.51. The minimum absolute atomic E-state index is 0.0101. The highest BCUT2D eigenvalue weighted by atomic mass is 16.7. The van der Waals surface area contributed by atoms with Crippen LogP contribution in [-0.4, -0.2) is 17.5 Å². The van der Waals surface area contributed by atoms with Crippen molar-refractivity contribution >= 4 is 17.5 Å². The number of oxime groups is 1. The molecule has 0 spiro atoms. The molecule has 3 aliphatic rings. The van der Waals surface area contributed by atoms with Gasteiger partial charge in [-0.3, -0.25) is 4.79 Å². The molecule has 0 radical (unpaired) electrons. The lowest BCUT2D eigenvalue weighted by Gasteiger charge is -2.35. The molecule has 0 amide bonds. The van der Waals surface area contributed by atoms with Gasteiger partial charge in [-0.2, -0.15) is 0 Å². The fourth-order valence-corrected chi connectivity index (χ4v) is 5.33. The van der Waals surface area contributed by atoms with Gasteiger partial charge in [0.1, 0.15) is 5.71 Å². The van der Waals surface area contributed by atoms with Gasteiger partial charge in [-0.1, -0.05) is 89.8 Å². The summed E-state index contributed by atoms with van der Waals surface area (Å²) in [6.07, 6.45) is 21.9. The van der Waals surface area contributed by atoms with Crippen LogP contribution in [0.25, 0.3) is 0 Å². The number of ketones is 1. The van der Waals surface area contributed by atoms with E-state index in [1.54, 1.807) is 6.92 Å². The molecule has 4 heteroatoms. The Hall–Kier alpha value is -2.49. The van der Waals surface area contributed by atoms with E-state index in [0.29, 0.717) is 18.4 Å². The van der Waals surface area contributed by atoms with Crippen LogP contribution < -0.4 is 0 Å². The van der Waals surface area contributed by atoms with E-state index in [0.717, 1.165) is 44.9 Å². The molecular formula is C31H45NO3. The summed E-state index contributed by atoms with van der Waals surface area (Å²) in [5, 5.41) is 3.85. The molecule has 0 aromatic heterocycles. The number of unbranched alkanes of at least 4 members (excludes halogenated alkanes) is 2. The van der Waals surface area contributed by atoms with Crippen molar-refractivity contribution in [2.24, 2.45) is 10.6 Å². The molecule has 0 heterocycles. The van der Waals surface area contributed by atoms with E-state index < -0.39 is 5.97 Å². The second-order valence-electron chi connectivity index (χ2n) is 9.42. The average molecular weight is 480 g/mol. The zero-order chi connectivity index (χ0) is 25.8. The van der Waals surface area contributed by atoms with Crippen LogP contribution in [0.2, 0.25) is 0 Å². The van der Waals surface area contributed by atoms with Crippen molar-refractivity contribution < 1.29 is 14.4 Å². The van der Waals surface area contributed by atoms with Crippen molar-refractivity contribution in [2.75, 3.05) is 0 Å². The normalized spacial score (nSPS) is 18.3. The van der Waals surface area contributed by atoms with Gasteiger partial charge < -0.3 is 4.84 Å². The maximum absolute atomic E-state index is 13.3. The topological polar surface area (TPSA) is 55.7 Å². The Kier molecular flexibility index (Phi) is 11.6. The van der Waals surface area contributed by atoms with E-state index in [1.807, 2.05) is 26.8 Å². The molecule has 0 saturated heterocycles. The van der Waals surface area contributed by atoms with E-state index in [-0.39, 0.29) is 16.9 Å². The predicted molar refractivity (Wildman–Crippen MR) is 146 cm³/mol. The molecule has 35 heavy (non-hydrogen) atoms. The van der Waals surface area contributed by atoms with Gasteiger partial charge in [-0.05, 0) is 73.8 Å². The zero-order valence-corrected chi connectivity index (χ0v) is 22.8. The summed E-state index contributed by atoms with van der Waals surface area (Å²) in [7, 11) is 0. The third-order valence-electron chi connectivity index (χ3n) is 7.00. The quantitative estimate of drug-likeness (QED) is 0.169. The van der Waals surface area contributed by atoms with E-state index in [2.05, 4.69) is 43.3 Å². The fraction of sp³-hybridized carbons (Fsp3) is 0.581. The summed E-state index contributed by atoms with van der Waals surface area (Å²) in [6, 6.07) is 0. The molecule has 0 aromatic carbocycles. The van der Waals surface area contributed by atoms with Crippen molar-refractivity contribution in [1.29, 1.82) is 0 Å². The SMILES string of the molecule is CC.CCCCC1(CCCC)C2=CCCC=C2C2=C1C=C(C(=O)/C(C)=N\OC(=O)CCC)C=CC2. The Morgan fingerprint density at radius 1 is 1.00 bits per heavy atom. The van der Waals surface area contributed by atoms with E-state index in [4.69, 9.17) is 4.84 Å². The smallest absolute Gasteiger partial charge is 0.318 e. The summed E-state index contributed by atoms with van der Waals surface area (Å²) < 4.78 is 0. The number of nitrogens with zero attached hydrogens (tertiary/aromatic N) is 1. The number of fused-ring (bicyclic) bond motifs is 2. The molecule has 0 fully saturated rings. The van der Waals surface area contributed by atoms with Crippen molar-refractivity contribution in [3.05, 3.63) is 58.2 Å². The summed E-state index contributed by atoms with van der Waals surface area (Å²) >= 11 is 0. The van der Waals surface area contributed by atoms with Gasteiger partial charge in [0.05, 0.1) is 0 Å². The first-order valence-electron chi connectivity index (χ1n) is 13.8. The average Bonchev–Trinajstić information content (AvgIpc) is 3.00. The Labute approximate surface area is 213 Å². The number of carbonyl (C=O) groups excluding carboxylic acids is 2. The molecule has 0 N–H and O–H groups in total. The highest BCUT2D eigenvalue weighted by Crippen LogP contribution is 2.59. The first-order valence-corrected chi connectivity index (χ1v) is 13.8. The van der Waals surface area contributed by atoms with Crippen LogP contribution in [-0.2, 0) is 14.4 Å². The molecular weight excluding hydrogens is 434 g/mol. The van der Waals surface area contributed by atoms with Crippen LogP contribution in [0.4, 0.5) is 0 Å². The number of hydrogen-bond donors (Lipinski definition) is 0. The number of Topliss-reactive ketones (excluding diaryl/α,β-unsaturated/α-hetero) is 1. The van der Waals surface area contributed by atoms with Crippen LogP contribution in [0.1, 0.15) is 112 Å². The Morgan fingerprint density at radius 3 is 2.29 bits per heavy atom. The molecule has 192 valence electrons. The minimum Gasteiger partial charge on any atom is -0.318 e. The first-order chi connectivity index (χ1) is 17.0. The molecule has 0 bridgehead atoms. The third-order valence-corrected chi connectivity index (χ3v) is 7.00. The summed E-state index contributed by atoms with van der Waals surface area (Å²) in [5.74, 6) is -0.584. The summed E-state index contributed by atoms with van der Waals surface area (Å²) in [5.41, 5.74) is 6.45. The molecule has 3 aliphatic carbocycles. The Balaban J connectivity index is 0.00000210. The molecule has 3 rings (SSSR count). The van der Waals surface area contributed by atoms with Crippen LogP contribution in [0.3, 0.4) is 0 Å². The molecule has 0 unspecified atom stereocenters. The maximum atomic E-state index is 13.3. The highest BCUT2D eigenvalue weighted by molar-refractivity contribution is 6.45. The van der Waals surface area contributed by atoms with Crippen molar-refractivity contribution in [1.82, 2.24) is 0 Å². The molecule has 0 saturated carbocycles. The second-order valence-corrected chi connectivity index (χ2v) is 9.42. The monoisotopic (exact) mass is 479 g/mol. The summed E-state index contributed by atoms with van der Waals surface area (Å²) in [4.78, 5) is 29.9. The number of carbonyl (C=O) groups is 2. The van der Waals surface area contributed by atoms with Crippen LogP contribution in [0.5, 0.6) is 0 Å². The Bertz CT molecular complexity index is 948. The minimum atomic E-state index is -0.406. The fourth-order valence-electron chi connectivity index (χ4n) is 5.33. The molecule has 0 atom stereocenters. The van der Waals surface area contributed by atoms with Gasteiger partial charge in [0.25, 0.3) is 0 Å². The summed E-state index contributed by atoms with van der Waals surface area (Å²) in [6.45, 7) is 12.0. The lowest BCUT2D eigenvalue weighted by Crippen LogP contribution is -2.24. The molecule has 4 nitrogen and oxygen atoms in total. The van der Waals surface area contributed by atoms with Gasteiger partial charge in [0, 0.05) is 17.4 Å². The zero-order valence-electron chi connectivity index (χ0n) is 22.8. The van der Waals surface area contributed by atoms with Gasteiger partial charge in [0.15, 0.2) is 0 Å². The number of hydrogen-bond acceptors (Lipinski definition) is 4. The Morgan fingerprint density at radius 2 is 1.66 bits per heavy atom. The van der Waals surface area contributed by atoms with E-state index >= 15 is 0 Å². The molecule has 0 aromatic rings. The van der Waals surface area contributed by atoms with E-state index in [9.17, 15) is 9.59 Å². The van der Waals surface area contributed by atoms with Crippen molar-refractivity contribution in [3.63, 3.8) is 0 Å².